The Bertz CT molecular complexity index is 1100. The van der Waals surface area contributed by atoms with Crippen molar-refractivity contribution >= 4 is 32.4 Å². The molecule has 2 aromatic heterocycles. The van der Waals surface area contributed by atoms with Crippen molar-refractivity contribution in [2.75, 3.05) is 11.9 Å². The lowest BCUT2D eigenvalue weighted by molar-refractivity contribution is 0.102. The molecular formula is C20H24N4O4S2. The van der Waals surface area contributed by atoms with Gasteiger partial charge >= 0.3 is 0 Å². The van der Waals surface area contributed by atoms with Crippen molar-refractivity contribution in [1.29, 1.82) is 0 Å². The van der Waals surface area contributed by atoms with Crippen LogP contribution in [0.3, 0.4) is 0 Å². The summed E-state index contributed by atoms with van der Waals surface area (Å²) in [5.74, 6) is 0.149. The Morgan fingerprint density at radius 1 is 1.17 bits per heavy atom. The molecule has 0 aliphatic heterocycles. The molecule has 0 unspecified atom stereocenters. The maximum atomic E-state index is 12.9. The lowest BCUT2D eigenvalue weighted by Gasteiger charge is -2.18. The predicted octanol–water partition coefficient (Wildman–Crippen LogP) is 3.89. The topological polar surface area (TPSA) is 105 Å². The number of carbonyl (C=O) groups is 1. The Balaban J connectivity index is 1.73. The third-order valence-electron chi connectivity index (χ3n) is 4.47. The van der Waals surface area contributed by atoms with Crippen LogP contribution in [0.2, 0.25) is 0 Å². The van der Waals surface area contributed by atoms with Gasteiger partial charge in [-0.15, -0.1) is 10.2 Å². The maximum Gasteiger partial charge on any atom is 0.272 e. The Morgan fingerprint density at radius 2 is 1.87 bits per heavy atom. The Kier molecular flexibility index (Phi) is 6.39. The number of hydrogen-bond donors (Lipinski definition) is 1. The second-order valence-corrected chi connectivity index (χ2v) is 10.8. The number of sulfonamides is 1. The van der Waals surface area contributed by atoms with Gasteiger partial charge in [-0.25, -0.2) is 8.42 Å². The number of hydrogen-bond acceptors (Lipinski definition) is 7. The number of amides is 1. The summed E-state index contributed by atoms with van der Waals surface area (Å²) in [5.41, 5.74) is 1.55. The van der Waals surface area contributed by atoms with Gasteiger partial charge in [0, 0.05) is 12.1 Å². The minimum Gasteiger partial charge on any atom is -0.468 e. The van der Waals surface area contributed by atoms with Crippen LogP contribution >= 0.6 is 11.3 Å². The minimum absolute atomic E-state index is 0.0156. The molecule has 1 aromatic carbocycles. The van der Waals surface area contributed by atoms with Gasteiger partial charge in [0.05, 0.1) is 12.8 Å². The standard InChI is InChI=1S/C20H24N4O4S2/c1-5-24(13-16-7-6-12-28-16)30(26,27)19-23-22-18(29-19)21-17(25)14-8-10-15(11-9-14)20(2,3)4/h6-12H,5,13H2,1-4H3,(H,21,22,25). The quantitative estimate of drug-likeness (QED) is 0.550. The number of furan rings is 1. The van der Waals surface area contributed by atoms with E-state index in [0.717, 1.165) is 16.9 Å². The van der Waals surface area contributed by atoms with Gasteiger partial charge in [-0.3, -0.25) is 10.1 Å². The summed E-state index contributed by atoms with van der Waals surface area (Å²) in [5, 5.41) is 10.3. The molecular weight excluding hydrogens is 424 g/mol. The highest BCUT2D eigenvalue weighted by Gasteiger charge is 2.28. The third kappa shape index (κ3) is 4.94. The van der Waals surface area contributed by atoms with Crippen LogP contribution in [0.5, 0.6) is 0 Å². The first-order valence-corrected chi connectivity index (χ1v) is 11.6. The minimum atomic E-state index is -3.86. The zero-order valence-electron chi connectivity index (χ0n) is 17.2. The smallest absolute Gasteiger partial charge is 0.272 e. The second-order valence-electron chi connectivity index (χ2n) is 7.67. The van der Waals surface area contributed by atoms with E-state index in [1.165, 1.54) is 10.6 Å². The monoisotopic (exact) mass is 448 g/mol. The molecule has 2 heterocycles. The summed E-state index contributed by atoms with van der Waals surface area (Å²) >= 11 is 0.812. The Labute approximate surface area is 180 Å². The van der Waals surface area contributed by atoms with Crippen molar-refractivity contribution < 1.29 is 17.6 Å². The summed E-state index contributed by atoms with van der Waals surface area (Å²) in [6.45, 7) is 8.34. The van der Waals surface area contributed by atoms with Crippen LogP contribution < -0.4 is 5.32 Å². The average molecular weight is 449 g/mol. The van der Waals surface area contributed by atoms with E-state index < -0.39 is 10.0 Å². The molecule has 0 saturated heterocycles. The highest BCUT2D eigenvalue weighted by Crippen LogP contribution is 2.26. The molecule has 0 spiro atoms. The predicted molar refractivity (Wildman–Crippen MR) is 115 cm³/mol. The van der Waals surface area contributed by atoms with Gasteiger partial charge in [0.1, 0.15) is 5.76 Å². The van der Waals surface area contributed by atoms with E-state index in [1.54, 1.807) is 31.2 Å². The molecule has 0 bridgehead atoms. The molecule has 0 saturated carbocycles. The highest BCUT2D eigenvalue weighted by molar-refractivity contribution is 7.91. The van der Waals surface area contributed by atoms with Gasteiger partial charge in [0.2, 0.25) is 9.47 Å². The SMILES string of the molecule is CCN(Cc1ccco1)S(=O)(=O)c1nnc(NC(=O)c2ccc(C(C)(C)C)cc2)s1. The first kappa shape index (κ1) is 22.1. The summed E-state index contributed by atoms with van der Waals surface area (Å²) in [6, 6.07) is 10.7. The first-order valence-electron chi connectivity index (χ1n) is 9.39. The molecule has 0 aliphatic rings. The normalized spacial score (nSPS) is 12.3. The first-order chi connectivity index (χ1) is 14.1. The molecule has 1 amide bonds. The van der Waals surface area contributed by atoms with E-state index in [2.05, 4.69) is 36.3 Å². The fourth-order valence-electron chi connectivity index (χ4n) is 2.71. The molecule has 1 N–H and O–H groups in total. The highest BCUT2D eigenvalue weighted by atomic mass is 32.2. The number of aromatic nitrogens is 2. The lowest BCUT2D eigenvalue weighted by atomic mass is 9.87. The number of benzene rings is 1. The maximum absolute atomic E-state index is 12.9. The summed E-state index contributed by atoms with van der Waals surface area (Å²) in [4.78, 5) is 12.5. The average Bonchev–Trinajstić information content (AvgIpc) is 3.37. The number of nitrogens with zero attached hydrogens (tertiary/aromatic N) is 3. The molecule has 8 nitrogen and oxygen atoms in total. The van der Waals surface area contributed by atoms with E-state index in [4.69, 9.17) is 4.42 Å². The largest absolute Gasteiger partial charge is 0.468 e. The van der Waals surface area contributed by atoms with Crippen molar-refractivity contribution in [3.05, 3.63) is 59.5 Å². The van der Waals surface area contributed by atoms with Crippen LogP contribution in [0.1, 0.15) is 49.4 Å². The van der Waals surface area contributed by atoms with Crippen LogP contribution in [0, 0.1) is 0 Å². The van der Waals surface area contributed by atoms with Crippen LogP contribution in [-0.2, 0) is 22.0 Å². The molecule has 3 rings (SSSR count). The lowest BCUT2D eigenvalue weighted by Crippen LogP contribution is -2.30. The molecule has 0 aliphatic carbocycles. The van der Waals surface area contributed by atoms with Gasteiger partial charge in [-0.2, -0.15) is 4.31 Å². The summed E-state index contributed by atoms with van der Waals surface area (Å²) < 4.78 is 32.0. The van der Waals surface area contributed by atoms with Crippen molar-refractivity contribution in [1.82, 2.24) is 14.5 Å². The van der Waals surface area contributed by atoms with E-state index >= 15 is 0 Å². The fraction of sp³-hybridized carbons (Fsp3) is 0.350. The number of nitrogens with one attached hydrogen (secondary N) is 1. The summed E-state index contributed by atoms with van der Waals surface area (Å²) in [6.07, 6.45) is 1.49. The van der Waals surface area contributed by atoms with Crippen LogP contribution in [0.4, 0.5) is 5.13 Å². The van der Waals surface area contributed by atoms with Crippen LogP contribution in [0.25, 0.3) is 0 Å². The molecule has 0 fully saturated rings. The fourth-order valence-corrected chi connectivity index (χ4v) is 5.16. The zero-order valence-corrected chi connectivity index (χ0v) is 18.9. The van der Waals surface area contributed by atoms with Gasteiger partial charge in [0.15, 0.2) is 0 Å². The molecule has 0 atom stereocenters. The van der Waals surface area contributed by atoms with Crippen molar-refractivity contribution in [2.45, 2.75) is 44.0 Å². The molecule has 30 heavy (non-hydrogen) atoms. The second kappa shape index (κ2) is 8.66. The molecule has 3 aromatic rings. The summed E-state index contributed by atoms with van der Waals surface area (Å²) in [7, 11) is -3.86. The van der Waals surface area contributed by atoms with Crippen LogP contribution in [0.15, 0.2) is 51.4 Å². The van der Waals surface area contributed by atoms with Crippen molar-refractivity contribution in [2.24, 2.45) is 0 Å². The van der Waals surface area contributed by atoms with E-state index in [9.17, 15) is 13.2 Å². The van der Waals surface area contributed by atoms with Gasteiger partial charge < -0.3 is 4.42 Å². The van der Waals surface area contributed by atoms with E-state index in [1.807, 2.05) is 12.1 Å². The van der Waals surface area contributed by atoms with Gasteiger partial charge in [0.25, 0.3) is 15.9 Å². The van der Waals surface area contributed by atoms with Crippen molar-refractivity contribution in [3.8, 4) is 0 Å². The number of carbonyl (C=O) groups excluding carboxylic acids is 1. The zero-order chi connectivity index (χ0) is 21.9. The number of rotatable bonds is 7. The van der Waals surface area contributed by atoms with E-state index in [0.29, 0.717) is 11.3 Å². The molecule has 0 radical (unpaired) electrons. The van der Waals surface area contributed by atoms with E-state index in [-0.39, 0.29) is 33.9 Å². The van der Waals surface area contributed by atoms with Gasteiger partial charge in [-0.1, -0.05) is 51.2 Å². The molecule has 160 valence electrons. The van der Waals surface area contributed by atoms with Crippen molar-refractivity contribution in [3.63, 3.8) is 0 Å². The Morgan fingerprint density at radius 3 is 2.43 bits per heavy atom. The van der Waals surface area contributed by atoms with Crippen LogP contribution in [-0.4, -0.2) is 35.4 Å². The van der Waals surface area contributed by atoms with Gasteiger partial charge in [-0.05, 0) is 35.2 Å². The number of anilines is 1. The Hall–Kier alpha value is -2.56. The third-order valence-corrected chi connectivity index (χ3v) is 7.57. The molecule has 10 heteroatoms.